The normalized spacial score (nSPS) is 11.6. The average Bonchev–Trinajstić information content (AvgIpc) is 2.89. The smallest absolute Gasteiger partial charge is 0.238 e. The molecule has 5 nitrogen and oxygen atoms in total. The summed E-state index contributed by atoms with van der Waals surface area (Å²) in [4.78, 5) is 0.0433. The van der Waals surface area contributed by atoms with Crippen molar-refractivity contribution in [2.75, 3.05) is 0 Å². The van der Waals surface area contributed by atoms with E-state index >= 15 is 0 Å². The van der Waals surface area contributed by atoms with Crippen LogP contribution in [-0.2, 0) is 10.0 Å². The zero-order chi connectivity index (χ0) is 16.6. The van der Waals surface area contributed by atoms with Crippen molar-refractivity contribution in [1.29, 1.82) is 0 Å². The average molecular weight is 348 g/mol. The second-order valence-electron chi connectivity index (χ2n) is 5.12. The highest BCUT2D eigenvalue weighted by molar-refractivity contribution is 7.89. The minimum absolute atomic E-state index is 0.0433. The molecule has 7 heteroatoms. The number of primary sulfonamides is 1. The molecule has 118 valence electrons. The number of aryl methyl sites for hydroxylation is 1. The molecule has 0 aliphatic carbocycles. The molecule has 3 rings (SSSR count). The number of nitrogens with two attached hydrogens (primary N) is 1. The molecule has 0 bridgehead atoms. The van der Waals surface area contributed by atoms with E-state index in [0.717, 1.165) is 16.8 Å². The quantitative estimate of drug-likeness (QED) is 0.761. The Hall–Kier alpha value is -2.15. The van der Waals surface area contributed by atoms with E-state index in [1.807, 2.05) is 19.1 Å². The van der Waals surface area contributed by atoms with Crippen LogP contribution in [0.3, 0.4) is 0 Å². The number of nitrogens with one attached hydrogen (secondary N) is 1. The summed E-state index contributed by atoms with van der Waals surface area (Å²) >= 11 is 5.94. The largest absolute Gasteiger partial charge is 0.282 e. The van der Waals surface area contributed by atoms with Crippen LogP contribution in [0.4, 0.5) is 0 Å². The van der Waals surface area contributed by atoms with Crippen LogP contribution in [0.25, 0.3) is 22.4 Å². The van der Waals surface area contributed by atoms with Crippen molar-refractivity contribution in [2.24, 2.45) is 5.14 Å². The Morgan fingerprint density at radius 1 is 1.09 bits per heavy atom. The van der Waals surface area contributed by atoms with Gasteiger partial charge in [-0.3, -0.25) is 5.10 Å². The predicted molar refractivity (Wildman–Crippen MR) is 90.6 cm³/mol. The molecule has 0 spiro atoms. The van der Waals surface area contributed by atoms with Gasteiger partial charge >= 0.3 is 0 Å². The number of benzene rings is 2. The Morgan fingerprint density at radius 3 is 2.39 bits per heavy atom. The summed E-state index contributed by atoms with van der Waals surface area (Å²) in [6.07, 6.45) is 0. The lowest BCUT2D eigenvalue weighted by atomic mass is 9.99. The Balaban J connectivity index is 2.27. The van der Waals surface area contributed by atoms with Gasteiger partial charge in [0.1, 0.15) is 5.69 Å². The molecule has 0 atom stereocenters. The lowest BCUT2D eigenvalue weighted by molar-refractivity contribution is 0.598. The number of aromatic amines is 1. The van der Waals surface area contributed by atoms with Crippen molar-refractivity contribution in [3.8, 4) is 22.4 Å². The Labute approximate surface area is 139 Å². The molecule has 3 N–H and O–H groups in total. The second kappa shape index (κ2) is 5.81. The molecule has 0 radical (unpaired) electrons. The van der Waals surface area contributed by atoms with E-state index in [9.17, 15) is 8.42 Å². The van der Waals surface area contributed by atoms with Gasteiger partial charge < -0.3 is 0 Å². The van der Waals surface area contributed by atoms with Crippen molar-refractivity contribution in [2.45, 2.75) is 11.8 Å². The first-order chi connectivity index (χ1) is 10.9. The molecule has 0 aliphatic heterocycles. The Morgan fingerprint density at radius 2 is 1.74 bits per heavy atom. The van der Waals surface area contributed by atoms with Crippen LogP contribution in [0.1, 0.15) is 5.69 Å². The molecule has 0 unspecified atom stereocenters. The lowest BCUT2D eigenvalue weighted by Gasteiger charge is -2.08. The summed E-state index contributed by atoms with van der Waals surface area (Å²) in [5, 5.41) is 13.1. The van der Waals surface area contributed by atoms with Crippen molar-refractivity contribution in [1.82, 2.24) is 10.2 Å². The molecule has 1 aromatic heterocycles. The van der Waals surface area contributed by atoms with Crippen LogP contribution in [-0.4, -0.2) is 18.6 Å². The summed E-state index contributed by atoms with van der Waals surface area (Å²) in [5.41, 5.74) is 3.53. The van der Waals surface area contributed by atoms with Crippen LogP contribution >= 0.6 is 11.6 Å². The van der Waals surface area contributed by atoms with E-state index in [1.165, 1.54) is 6.07 Å². The molecule has 2 aromatic carbocycles. The molecule has 0 fully saturated rings. The van der Waals surface area contributed by atoms with Gasteiger partial charge in [0.05, 0.1) is 4.90 Å². The highest BCUT2D eigenvalue weighted by Crippen LogP contribution is 2.36. The van der Waals surface area contributed by atoms with E-state index < -0.39 is 10.0 Å². The third kappa shape index (κ3) is 3.01. The van der Waals surface area contributed by atoms with Gasteiger partial charge in [0, 0.05) is 21.8 Å². The predicted octanol–water partition coefficient (Wildman–Crippen LogP) is 3.35. The van der Waals surface area contributed by atoms with Gasteiger partial charge in [0.25, 0.3) is 0 Å². The first-order valence-corrected chi connectivity index (χ1v) is 8.73. The van der Waals surface area contributed by atoms with E-state index in [4.69, 9.17) is 16.7 Å². The number of nitrogens with zero attached hydrogens (tertiary/aromatic N) is 1. The highest BCUT2D eigenvalue weighted by atomic mass is 35.5. The number of halogens is 1. The molecule has 0 saturated heterocycles. The number of aromatic nitrogens is 2. The number of hydrogen-bond acceptors (Lipinski definition) is 3. The van der Waals surface area contributed by atoms with Crippen molar-refractivity contribution < 1.29 is 8.42 Å². The fraction of sp³-hybridized carbons (Fsp3) is 0.0625. The first-order valence-electron chi connectivity index (χ1n) is 6.81. The summed E-state index contributed by atoms with van der Waals surface area (Å²) in [6.45, 7) is 1.87. The van der Waals surface area contributed by atoms with E-state index in [2.05, 4.69) is 10.2 Å². The monoisotopic (exact) mass is 347 g/mol. The standard InChI is InChI=1S/C16H14ClN3O2S/c1-10-15(11-6-8-12(17)9-7-11)16(20-19-10)13-4-2-3-5-14(13)23(18,21)22/h2-9H,1H3,(H,19,20)(H2,18,21,22). The van der Waals surface area contributed by atoms with Crippen molar-refractivity contribution >= 4 is 21.6 Å². The lowest BCUT2D eigenvalue weighted by Crippen LogP contribution is -2.13. The van der Waals surface area contributed by atoms with Gasteiger partial charge in [-0.2, -0.15) is 5.10 Å². The highest BCUT2D eigenvalue weighted by Gasteiger charge is 2.21. The molecular formula is C16H14ClN3O2S. The van der Waals surface area contributed by atoms with Crippen LogP contribution in [0.5, 0.6) is 0 Å². The maximum atomic E-state index is 11.8. The minimum Gasteiger partial charge on any atom is -0.282 e. The number of hydrogen-bond donors (Lipinski definition) is 2. The fourth-order valence-electron chi connectivity index (χ4n) is 2.50. The topological polar surface area (TPSA) is 88.8 Å². The molecule has 23 heavy (non-hydrogen) atoms. The fourth-order valence-corrected chi connectivity index (χ4v) is 3.37. The molecule has 3 aromatic rings. The van der Waals surface area contributed by atoms with Gasteiger partial charge in [-0.15, -0.1) is 0 Å². The molecular weight excluding hydrogens is 334 g/mol. The molecule has 1 heterocycles. The van der Waals surface area contributed by atoms with Gasteiger partial charge in [-0.05, 0) is 30.7 Å². The Bertz CT molecular complexity index is 963. The third-order valence-electron chi connectivity index (χ3n) is 3.53. The van der Waals surface area contributed by atoms with Crippen LogP contribution in [0.2, 0.25) is 5.02 Å². The van der Waals surface area contributed by atoms with Gasteiger partial charge in [0.15, 0.2) is 0 Å². The van der Waals surface area contributed by atoms with Gasteiger partial charge in [0.2, 0.25) is 10.0 Å². The minimum atomic E-state index is -3.85. The van der Waals surface area contributed by atoms with Crippen molar-refractivity contribution in [3.63, 3.8) is 0 Å². The first kappa shape index (κ1) is 15.7. The molecule has 0 amide bonds. The second-order valence-corrected chi connectivity index (χ2v) is 7.09. The van der Waals surface area contributed by atoms with Gasteiger partial charge in [-0.1, -0.05) is 41.9 Å². The number of rotatable bonds is 3. The maximum absolute atomic E-state index is 11.8. The summed E-state index contributed by atoms with van der Waals surface area (Å²) in [5.74, 6) is 0. The third-order valence-corrected chi connectivity index (χ3v) is 4.75. The zero-order valence-corrected chi connectivity index (χ0v) is 13.8. The number of sulfonamides is 1. The van der Waals surface area contributed by atoms with E-state index in [1.54, 1.807) is 30.3 Å². The van der Waals surface area contributed by atoms with Gasteiger partial charge in [-0.25, -0.2) is 13.6 Å². The van der Waals surface area contributed by atoms with Crippen LogP contribution in [0.15, 0.2) is 53.4 Å². The summed E-state index contributed by atoms with van der Waals surface area (Å²) in [6, 6.07) is 13.8. The van der Waals surface area contributed by atoms with E-state index in [0.29, 0.717) is 16.3 Å². The van der Waals surface area contributed by atoms with Crippen molar-refractivity contribution in [3.05, 3.63) is 59.2 Å². The maximum Gasteiger partial charge on any atom is 0.238 e. The van der Waals surface area contributed by atoms with Crippen LogP contribution in [0, 0.1) is 6.92 Å². The molecule has 0 aliphatic rings. The molecule has 0 saturated carbocycles. The Kier molecular flexibility index (Phi) is 3.97. The summed E-state index contributed by atoms with van der Waals surface area (Å²) < 4.78 is 23.7. The SMILES string of the molecule is Cc1[nH]nc(-c2ccccc2S(N)(=O)=O)c1-c1ccc(Cl)cc1. The van der Waals surface area contributed by atoms with E-state index in [-0.39, 0.29) is 4.90 Å². The summed E-state index contributed by atoms with van der Waals surface area (Å²) in [7, 11) is -3.85. The number of H-pyrrole nitrogens is 1. The van der Waals surface area contributed by atoms with Crippen LogP contribution < -0.4 is 5.14 Å². The zero-order valence-electron chi connectivity index (χ0n) is 12.2.